The van der Waals surface area contributed by atoms with Gasteiger partial charge in [-0.25, -0.2) is 0 Å². The molecular formula is C15H9F3O3. The average molecular weight is 294 g/mol. The summed E-state index contributed by atoms with van der Waals surface area (Å²) in [7, 11) is 0. The summed E-state index contributed by atoms with van der Waals surface area (Å²) in [5.74, 6) is -0.398. The molecule has 0 aliphatic carbocycles. The average Bonchev–Trinajstić information content (AvgIpc) is 2.45. The maximum Gasteiger partial charge on any atom is 0.573 e. The van der Waals surface area contributed by atoms with Gasteiger partial charge < -0.3 is 4.74 Å². The van der Waals surface area contributed by atoms with E-state index in [1.807, 2.05) is 0 Å². The van der Waals surface area contributed by atoms with Crippen LogP contribution in [0.1, 0.15) is 20.7 Å². The van der Waals surface area contributed by atoms with E-state index in [4.69, 9.17) is 0 Å². The number of halogens is 3. The summed E-state index contributed by atoms with van der Waals surface area (Å²) in [5, 5.41) is 0. The molecule has 0 heterocycles. The van der Waals surface area contributed by atoms with Crippen LogP contribution in [0.5, 0.6) is 5.75 Å². The van der Waals surface area contributed by atoms with Crippen LogP contribution in [-0.2, 0) is 0 Å². The Morgan fingerprint density at radius 3 is 2.00 bits per heavy atom. The van der Waals surface area contributed by atoms with E-state index in [0.717, 1.165) is 6.07 Å². The summed E-state index contributed by atoms with van der Waals surface area (Å²) >= 11 is 0. The van der Waals surface area contributed by atoms with Crippen LogP contribution in [0.25, 0.3) is 11.1 Å². The number of carbonyl (C=O) groups is 2. The molecule has 0 radical (unpaired) electrons. The molecule has 0 aliphatic heterocycles. The zero-order chi connectivity index (χ0) is 15.5. The van der Waals surface area contributed by atoms with E-state index < -0.39 is 12.1 Å². The zero-order valence-electron chi connectivity index (χ0n) is 10.6. The molecule has 0 atom stereocenters. The van der Waals surface area contributed by atoms with Crippen molar-refractivity contribution in [1.29, 1.82) is 0 Å². The molecular weight excluding hydrogens is 285 g/mol. The molecule has 0 fully saturated rings. The van der Waals surface area contributed by atoms with Crippen molar-refractivity contribution in [2.24, 2.45) is 0 Å². The third kappa shape index (κ3) is 3.68. The number of hydrogen-bond acceptors (Lipinski definition) is 3. The van der Waals surface area contributed by atoms with Gasteiger partial charge in [0.2, 0.25) is 0 Å². The van der Waals surface area contributed by atoms with E-state index in [9.17, 15) is 22.8 Å². The van der Waals surface area contributed by atoms with Crippen LogP contribution in [-0.4, -0.2) is 18.9 Å². The number of para-hydroxylation sites is 1. The SMILES string of the molecule is O=Cc1cc(C=O)cc(-c2ccccc2OC(F)(F)F)c1. The van der Waals surface area contributed by atoms with Crippen molar-refractivity contribution in [3.8, 4) is 16.9 Å². The van der Waals surface area contributed by atoms with Crippen LogP contribution in [0.4, 0.5) is 13.2 Å². The van der Waals surface area contributed by atoms with Gasteiger partial charge in [-0.1, -0.05) is 18.2 Å². The minimum atomic E-state index is -4.83. The lowest BCUT2D eigenvalue weighted by molar-refractivity contribution is -0.274. The lowest BCUT2D eigenvalue weighted by Crippen LogP contribution is -2.17. The van der Waals surface area contributed by atoms with Crippen LogP contribution in [0.15, 0.2) is 42.5 Å². The second kappa shape index (κ2) is 5.78. The third-order valence-corrected chi connectivity index (χ3v) is 2.67. The van der Waals surface area contributed by atoms with Gasteiger partial charge in [0, 0.05) is 16.7 Å². The molecule has 0 spiro atoms. The largest absolute Gasteiger partial charge is 0.573 e. The minimum Gasteiger partial charge on any atom is -0.405 e. The standard InChI is InChI=1S/C15H9F3O3/c16-15(17,18)21-14-4-2-1-3-13(14)12-6-10(8-19)5-11(7-12)9-20/h1-9H. The highest BCUT2D eigenvalue weighted by Gasteiger charge is 2.32. The highest BCUT2D eigenvalue weighted by molar-refractivity contribution is 5.87. The first-order chi connectivity index (χ1) is 9.93. The minimum absolute atomic E-state index is 0.140. The lowest BCUT2D eigenvalue weighted by Gasteiger charge is -2.13. The fourth-order valence-corrected chi connectivity index (χ4v) is 1.89. The number of carbonyl (C=O) groups excluding carboxylic acids is 2. The van der Waals surface area contributed by atoms with E-state index in [0.29, 0.717) is 18.1 Å². The third-order valence-electron chi connectivity index (χ3n) is 2.67. The fourth-order valence-electron chi connectivity index (χ4n) is 1.89. The molecule has 2 aromatic rings. The molecule has 108 valence electrons. The Bertz CT molecular complexity index is 652. The Morgan fingerprint density at radius 2 is 1.48 bits per heavy atom. The van der Waals surface area contributed by atoms with Gasteiger partial charge in [-0.2, -0.15) is 0 Å². The van der Waals surface area contributed by atoms with E-state index >= 15 is 0 Å². The molecule has 0 unspecified atom stereocenters. The van der Waals surface area contributed by atoms with Gasteiger partial charge >= 0.3 is 6.36 Å². The van der Waals surface area contributed by atoms with E-state index in [-0.39, 0.29) is 16.7 Å². The summed E-state index contributed by atoms with van der Waals surface area (Å²) in [6, 6.07) is 9.63. The number of aldehydes is 2. The lowest BCUT2D eigenvalue weighted by atomic mass is 10.00. The summed E-state index contributed by atoms with van der Waals surface area (Å²) in [6.45, 7) is 0. The maximum absolute atomic E-state index is 12.4. The van der Waals surface area contributed by atoms with Gasteiger partial charge in [0.1, 0.15) is 18.3 Å². The first-order valence-corrected chi connectivity index (χ1v) is 5.83. The van der Waals surface area contributed by atoms with Crippen molar-refractivity contribution < 1.29 is 27.5 Å². The van der Waals surface area contributed by atoms with Gasteiger partial charge in [0.25, 0.3) is 0 Å². The predicted octanol–water partition coefficient (Wildman–Crippen LogP) is 3.88. The molecule has 0 bridgehead atoms. The molecule has 0 amide bonds. The summed E-state index contributed by atoms with van der Waals surface area (Å²) in [6.07, 6.45) is -3.79. The van der Waals surface area contributed by atoms with Crippen molar-refractivity contribution >= 4 is 12.6 Å². The van der Waals surface area contributed by atoms with Crippen molar-refractivity contribution in [2.45, 2.75) is 6.36 Å². The first kappa shape index (κ1) is 14.8. The van der Waals surface area contributed by atoms with Crippen molar-refractivity contribution in [3.63, 3.8) is 0 Å². The zero-order valence-corrected chi connectivity index (χ0v) is 10.6. The number of alkyl halides is 3. The van der Waals surface area contributed by atoms with Gasteiger partial charge in [-0.05, 0) is 29.8 Å². The maximum atomic E-state index is 12.4. The fraction of sp³-hybridized carbons (Fsp3) is 0.0667. The van der Waals surface area contributed by atoms with Gasteiger partial charge in [0.15, 0.2) is 0 Å². The molecule has 21 heavy (non-hydrogen) atoms. The Kier molecular flexibility index (Phi) is 4.07. The second-order valence-electron chi connectivity index (χ2n) is 4.17. The number of hydrogen-bond donors (Lipinski definition) is 0. The molecule has 0 aliphatic rings. The highest BCUT2D eigenvalue weighted by Crippen LogP contribution is 2.34. The number of ether oxygens (including phenoxy) is 1. The summed E-state index contributed by atoms with van der Waals surface area (Å²) < 4.78 is 41.1. The van der Waals surface area contributed by atoms with Crippen molar-refractivity contribution in [3.05, 3.63) is 53.6 Å². The second-order valence-corrected chi connectivity index (χ2v) is 4.17. The van der Waals surface area contributed by atoms with E-state index in [1.165, 1.54) is 36.4 Å². The molecule has 0 N–H and O–H groups in total. The predicted molar refractivity (Wildman–Crippen MR) is 69.3 cm³/mol. The Labute approximate surface area is 118 Å². The number of rotatable bonds is 4. The molecule has 2 rings (SSSR count). The summed E-state index contributed by atoms with van der Waals surface area (Å²) in [4.78, 5) is 21.7. The first-order valence-electron chi connectivity index (χ1n) is 5.83. The van der Waals surface area contributed by atoms with Gasteiger partial charge in [0.05, 0.1) is 0 Å². The molecule has 0 saturated heterocycles. The van der Waals surface area contributed by atoms with E-state index in [1.54, 1.807) is 0 Å². The Balaban J connectivity index is 2.56. The molecule has 0 saturated carbocycles. The molecule has 0 aromatic heterocycles. The van der Waals surface area contributed by atoms with Crippen molar-refractivity contribution in [2.75, 3.05) is 0 Å². The topological polar surface area (TPSA) is 43.4 Å². The normalized spacial score (nSPS) is 11.0. The highest BCUT2D eigenvalue weighted by atomic mass is 19.4. The Morgan fingerprint density at radius 1 is 0.905 bits per heavy atom. The van der Waals surface area contributed by atoms with E-state index in [2.05, 4.69) is 4.74 Å². The Hall–Kier alpha value is -2.63. The van der Waals surface area contributed by atoms with Gasteiger partial charge in [-0.3, -0.25) is 9.59 Å². The molecule has 2 aromatic carbocycles. The monoisotopic (exact) mass is 294 g/mol. The smallest absolute Gasteiger partial charge is 0.405 e. The van der Waals surface area contributed by atoms with Crippen LogP contribution in [0, 0.1) is 0 Å². The van der Waals surface area contributed by atoms with Crippen LogP contribution in [0.2, 0.25) is 0 Å². The molecule has 6 heteroatoms. The van der Waals surface area contributed by atoms with Crippen LogP contribution >= 0.6 is 0 Å². The number of benzene rings is 2. The van der Waals surface area contributed by atoms with Gasteiger partial charge in [-0.15, -0.1) is 13.2 Å². The molecule has 3 nitrogen and oxygen atoms in total. The quantitative estimate of drug-likeness (QED) is 0.804. The van der Waals surface area contributed by atoms with Crippen LogP contribution in [0.3, 0.4) is 0 Å². The summed E-state index contributed by atoms with van der Waals surface area (Å²) in [5.41, 5.74) is 0.816. The van der Waals surface area contributed by atoms with Crippen molar-refractivity contribution in [1.82, 2.24) is 0 Å². The van der Waals surface area contributed by atoms with Crippen LogP contribution < -0.4 is 4.74 Å².